The third-order valence-corrected chi connectivity index (χ3v) is 3.63. The summed E-state index contributed by atoms with van der Waals surface area (Å²) in [5, 5.41) is 0. The molecular formula is C13H23N5O. The molecule has 1 aromatic rings. The van der Waals surface area contributed by atoms with E-state index >= 15 is 0 Å². The van der Waals surface area contributed by atoms with Crippen molar-refractivity contribution < 1.29 is 4.74 Å². The lowest BCUT2D eigenvalue weighted by Crippen LogP contribution is -2.38. The van der Waals surface area contributed by atoms with Gasteiger partial charge in [0.2, 0.25) is 0 Å². The number of hydrogen-bond acceptors (Lipinski definition) is 6. The molecule has 0 amide bonds. The molecule has 19 heavy (non-hydrogen) atoms. The summed E-state index contributed by atoms with van der Waals surface area (Å²) in [6.07, 6.45) is 4.83. The molecule has 6 heteroatoms. The van der Waals surface area contributed by atoms with Crippen LogP contribution in [0.3, 0.4) is 0 Å². The lowest BCUT2D eigenvalue weighted by atomic mass is 9.98. The SMILES string of the molecule is CCc1c(NN)ncnc1N1CCCC(COC)C1. The van der Waals surface area contributed by atoms with Crippen LogP contribution in [0.2, 0.25) is 0 Å². The fourth-order valence-electron chi connectivity index (χ4n) is 2.75. The minimum Gasteiger partial charge on any atom is -0.384 e. The number of aromatic nitrogens is 2. The summed E-state index contributed by atoms with van der Waals surface area (Å²) in [6, 6.07) is 0. The molecule has 0 aliphatic carbocycles. The molecule has 3 N–H and O–H groups in total. The van der Waals surface area contributed by atoms with Gasteiger partial charge in [0.1, 0.15) is 18.0 Å². The Bertz CT molecular complexity index is 410. The van der Waals surface area contributed by atoms with E-state index in [4.69, 9.17) is 10.6 Å². The number of nitrogens with zero attached hydrogens (tertiary/aromatic N) is 3. The van der Waals surface area contributed by atoms with Crippen molar-refractivity contribution in [2.75, 3.05) is 37.1 Å². The summed E-state index contributed by atoms with van der Waals surface area (Å²) in [6.45, 7) is 4.93. The van der Waals surface area contributed by atoms with Crippen LogP contribution in [0, 0.1) is 5.92 Å². The molecule has 1 aromatic heterocycles. The second-order valence-corrected chi connectivity index (χ2v) is 4.93. The average molecular weight is 265 g/mol. The predicted octanol–water partition coefficient (Wildman–Crippen LogP) is 1.19. The Kier molecular flexibility index (Phi) is 4.93. The average Bonchev–Trinajstić information content (AvgIpc) is 2.47. The topological polar surface area (TPSA) is 76.3 Å². The van der Waals surface area contributed by atoms with Crippen LogP contribution in [0.4, 0.5) is 11.6 Å². The van der Waals surface area contributed by atoms with E-state index in [0.717, 1.165) is 43.3 Å². The number of piperidine rings is 1. The highest BCUT2D eigenvalue weighted by Gasteiger charge is 2.23. The Balaban J connectivity index is 2.20. The van der Waals surface area contributed by atoms with Crippen molar-refractivity contribution in [2.24, 2.45) is 11.8 Å². The second-order valence-electron chi connectivity index (χ2n) is 4.93. The minimum absolute atomic E-state index is 0.577. The molecule has 2 heterocycles. The van der Waals surface area contributed by atoms with E-state index in [0.29, 0.717) is 5.92 Å². The Morgan fingerprint density at radius 3 is 3.05 bits per heavy atom. The first-order chi connectivity index (χ1) is 9.30. The monoisotopic (exact) mass is 265 g/mol. The predicted molar refractivity (Wildman–Crippen MR) is 76.0 cm³/mol. The zero-order valence-corrected chi connectivity index (χ0v) is 11.7. The zero-order valence-electron chi connectivity index (χ0n) is 11.7. The maximum absolute atomic E-state index is 5.52. The molecule has 0 spiro atoms. The normalized spacial score (nSPS) is 19.5. The summed E-state index contributed by atoms with van der Waals surface area (Å²) in [5.74, 6) is 7.83. The molecule has 1 atom stereocenters. The Labute approximate surface area is 114 Å². The molecule has 1 aliphatic heterocycles. The molecule has 1 fully saturated rings. The van der Waals surface area contributed by atoms with Gasteiger partial charge < -0.3 is 15.1 Å². The number of nitrogen functional groups attached to an aromatic ring is 1. The first kappa shape index (κ1) is 14.0. The van der Waals surface area contributed by atoms with Gasteiger partial charge in [-0.3, -0.25) is 0 Å². The molecule has 6 nitrogen and oxygen atoms in total. The first-order valence-electron chi connectivity index (χ1n) is 6.84. The van der Waals surface area contributed by atoms with E-state index in [1.54, 1.807) is 13.4 Å². The summed E-state index contributed by atoms with van der Waals surface area (Å²) in [4.78, 5) is 11.0. The van der Waals surface area contributed by atoms with Crippen LogP contribution in [0.15, 0.2) is 6.33 Å². The van der Waals surface area contributed by atoms with Gasteiger partial charge in [0.05, 0.1) is 6.61 Å². The molecular weight excluding hydrogens is 242 g/mol. The van der Waals surface area contributed by atoms with E-state index in [1.807, 2.05) is 0 Å². The molecule has 0 radical (unpaired) electrons. The van der Waals surface area contributed by atoms with Gasteiger partial charge in [-0.15, -0.1) is 0 Å². The van der Waals surface area contributed by atoms with Gasteiger partial charge in [-0.25, -0.2) is 15.8 Å². The molecule has 0 bridgehead atoms. The Morgan fingerprint density at radius 2 is 2.37 bits per heavy atom. The van der Waals surface area contributed by atoms with E-state index in [-0.39, 0.29) is 0 Å². The largest absolute Gasteiger partial charge is 0.384 e. The van der Waals surface area contributed by atoms with Crippen LogP contribution < -0.4 is 16.2 Å². The summed E-state index contributed by atoms with van der Waals surface area (Å²) < 4.78 is 5.28. The van der Waals surface area contributed by atoms with Crippen molar-refractivity contribution >= 4 is 11.6 Å². The number of ether oxygens (including phenoxy) is 1. The summed E-state index contributed by atoms with van der Waals surface area (Å²) >= 11 is 0. The van der Waals surface area contributed by atoms with Crippen LogP contribution in [0.5, 0.6) is 0 Å². The fourth-order valence-corrected chi connectivity index (χ4v) is 2.75. The molecule has 0 saturated carbocycles. The molecule has 2 rings (SSSR count). The number of methoxy groups -OCH3 is 1. The highest BCUT2D eigenvalue weighted by Crippen LogP contribution is 2.27. The van der Waals surface area contributed by atoms with Gasteiger partial charge >= 0.3 is 0 Å². The first-order valence-corrected chi connectivity index (χ1v) is 6.84. The smallest absolute Gasteiger partial charge is 0.148 e. The van der Waals surface area contributed by atoms with Crippen LogP contribution in [-0.4, -0.2) is 36.8 Å². The fraction of sp³-hybridized carbons (Fsp3) is 0.692. The number of rotatable bonds is 5. The third-order valence-electron chi connectivity index (χ3n) is 3.63. The molecule has 106 valence electrons. The van der Waals surface area contributed by atoms with E-state index < -0.39 is 0 Å². The third kappa shape index (κ3) is 3.13. The maximum Gasteiger partial charge on any atom is 0.148 e. The standard InChI is InChI=1S/C13H23N5O/c1-3-11-12(17-14)15-9-16-13(11)18-6-4-5-10(7-18)8-19-2/h9-10H,3-8,14H2,1-2H3,(H,15,16,17). The number of anilines is 2. The van der Waals surface area contributed by atoms with E-state index in [9.17, 15) is 0 Å². The Morgan fingerprint density at radius 1 is 1.53 bits per heavy atom. The van der Waals surface area contributed by atoms with Crippen molar-refractivity contribution in [3.05, 3.63) is 11.9 Å². The van der Waals surface area contributed by atoms with Gasteiger partial charge in [0, 0.05) is 25.8 Å². The quantitative estimate of drug-likeness (QED) is 0.615. The van der Waals surface area contributed by atoms with Gasteiger partial charge in [-0.05, 0) is 25.2 Å². The minimum atomic E-state index is 0.577. The van der Waals surface area contributed by atoms with Crippen molar-refractivity contribution in [3.8, 4) is 0 Å². The molecule has 0 aromatic carbocycles. The molecule has 1 saturated heterocycles. The number of hydrazine groups is 1. The number of nitrogens with two attached hydrogens (primary N) is 1. The Hall–Kier alpha value is -1.40. The van der Waals surface area contributed by atoms with Crippen LogP contribution in [0.1, 0.15) is 25.3 Å². The van der Waals surface area contributed by atoms with Crippen molar-refractivity contribution in [1.29, 1.82) is 0 Å². The van der Waals surface area contributed by atoms with Gasteiger partial charge in [-0.1, -0.05) is 6.92 Å². The summed E-state index contributed by atoms with van der Waals surface area (Å²) in [7, 11) is 1.76. The number of nitrogens with one attached hydrogen (secondary N) is 1. The maximum atomic E-state index is 5.52. The molecule has 1 unspecified atom stereocenters. The van der Waals surface area contributed by atoms with Crippen LogP contribution in [0.25, 0.3) is 0 Å². The van der Waals surface area contributed by atoms with Crippen molar-refractivity contribution in [2.45, 2.75) is 26.2 Å². The zero-order chi connectivity index (χ0) is 13.7. The van der Waals surface area contributed by atoms with Crippen LogP contribution >= 0.6 is 0 Å². The van der Waals surface area contributed by atoms with Gasteiger partial charge in [0.25, 0.3) is 0 Å². The van der Waals surface area contributed by atoms with Crippen LogP contribution in [-0.2, 0) is 11.2 Å². The second kappa shape index (κ2) is 6.68. The number of hydrogen-bond donors (Lipinski definition) is 2. The lowest BCUT2D eigenvalue weighted by molar-refractivity contribution is 0.143. The lowest BCUT2D eigenvalue weighted by Gasteiger charge is -2.34. The van der Waals surface area contributed by atoms with Gasteiger partial charge in [-0.2, -0.15) is 0 Å². The summed E-state index contributed by atoms with van der Waals surface area (Å²) in [5.41, 5.74) is 3.75. The van der Waals surface area contributed by atoms with Crippen molar-refractivity contribution in [1.82, 2.24) is 9.97 Å². The highest BCUT2D eigenvalue weighted by molar-refractivity contribution is 5.58. The van der Waals surface area contributed by atoms with E-state index in [2.05, 4.69) is 27.2 Å². The van der Waals surface area contributed by atoms with Crippen molar-refractivity contribution in [3.63, 3.8) is 0 Å². The van der Waals surface area contributed by atoms with E-state index in [1.165, 1.54) is 12.8 Å². The van der Waals surface area contributed by atoms with Gasteiger partial charge in [0.15, 0.2) is 0 Å². The molecule has 1 aliphatic rings. The highest BCUT2D eigenvalue weighted by atomic mass is 16.5.